The molecule has 0 aromatic heterocycles. The van der Waals surface area contributed by atoms with Gasteiger partial charge in [-0.15, -0.1) is 0 Å². The molecule has 6 nitrogen and oxygen atoms in total. The number of nitrogens with one attached hydrogen (secondary N) is 1. The summed E-state index contributed by atoms with van der Waals surface area (Å²) in [4.78, 5) is 10.2. The molecule has 2 rings (SSSR count). The average molecular weight is 341 g/mol. The monoisotopic (exact) mass is 341 g/mol. The molecule has 0 aliphatic rings. The van der Waals surface area contributed by atoms with Crippen LogP contribution in [0.3, 0.4) is 0 Å². The van der Waals surface area contributed by atoms with Gasteiger partial charge in [-0.25, -0.2) is 0 Å². The Balaban J connectivity index is 2.18. The van der Waals surface area contributed by atoms with Gasteiger partial charge in [-0.2, -0.15) is 5.10 Å². The van der Waals surface area contributed by atoms with Crippen LogP contribution in [-0.4, -0.2) is 17.7 Å². The number of hydrogen-bond acceptors (Lipinski definition) is 5. The van der Waals surface area contributed by atoms with E-state index in [4.69, 9.17) is 4.74 Å². The number of benzene rings is 2. The number of hydrogen-bond donors (Lipinski definition) is 1. The minimum atomic E-state index is -0.425. The summed E-state index contributed by atoms with van der Waals surface area (Å²) in [5.41, 5.74) is 9.40. The van der Waals surface area contributed by atoms with Crippen LogP contribution in [0.1, 0.15) is 34.7 Å². The fourth-order valence-corrected chi connectivity index (χ4v) is 2.70. The summed E-state index contributed by atoms with van der Waals surface area (Å²) < 4.78 is 5.57. The Bertz CT molecular complexity index is 783. The van der Waals surface area contributed by atoms with Gasteiger partial charge in [-0.05, 0) is 62.1 Å². The molecule has 1 N–H and O–H groups in total. The van der Waals surface area contributed by atoms with Crippen molar-refractivity contribution in [2.75, 3.05) is 12.0 Å². The molecule has 0 amide bonds. The van der Waals surface area contributed by atoms with Crippen LogP contribution in [0.25, 0.3) is 0 Å². The van der Waals surface area contributed by atoms with Gasteiger partial charge in [0.1, 0.15) is 0 Å². The minimum Gasteiger partial charge on any atom is -0.377 e. The van der Waals surface area contributed by atoms with Crippen molar-refractivity contribution in [3.63, 3.8) is 0 Å². The molecule has 0 atom stereocenters. The number of ether oxygens (including phenoxy) is 1. The van der Waals surface area contributed by atoms with Crippen LogP contribution >= 0.6 is 0 Å². The third-order valence-corrected chi connectivity index (χ3v) is 4.11. The van der Waals surface area contributed by atoms with Crippen molar-refractivity contribution >= 4 is 17.6 Å². The molecule has 0 aliphatic heterocycles. The molecule has 0 saturated heterocycles. The SMILES string of the molecule is CCOCc1c(C)cc(C)c(/C=N/Nc2ccc([N+](=O)[O-])cc2)c1C. The fraction of sp³-hybridized carbons (Fsp3) is 0.316. The van der Waals surface area contributed by atoms with Crippen molar-refractivity contribution in [3.8, 4) is 0 Å². The number of rotatable bonds is 7. The van der Waals surface area contributed by atoms with Gasteiger partial charge in [-0.1, -0.05) is 6.07 Å². The summed E-state index contributed by atoms with van der Waals surface area (Å²) in [5, 5.41) is 14.9. The quantitative estimate of drug-likeness (QED) is 0.457. The van der Waals surface area contributed by atoms with E-state index in [1.807, 2.05) is 6.92 Å². The normalized spacial score (nSPS) is 11.0. The molecule has 0 unspecified atom stereocenters. The Labute approximate surface area is 147 Å². The summed E-state index contributed by atoms with van der Waals surface area (Å²) in [6.45, 7) is 9.46. The molecule has 2 aromatic carbocycles. The first kappa shape index (κ1) is 18.6. The van der Waals surface area contributed by atoms with Crippen molar-refractivity contribution in [2.24, 2.45) is 5.10 Å². The van der Waals surface area contributed by atoms with Gasteiger partial charge in [0.25, 0.3) is 5.69 Å². The number of hydrazone groups is 1. The minimum absolute atomic E-state index is 0.0559. The number of aryl methyl sites for hydroxylation is 2. The topological polar surface area (TPSA) is 76.8 Å². The van der Waals surface area contributed by atoms with Gasteiger partial charge < -0.3 is 4.74 Å². The summed E-state index contributed by atoms with van der Waals surface area (Å²) in [6.07, 6.45) is 1.78. The lowest BCUT2D eigenvalue weighted by Crippen LogP contribution is -2.04. The lowest BCUT2D eigenvalue weighted by atomic mass is 9.94. The lowest BCUT2D eigenvalue weighted by molar-refractivity contribution is -0.384. The molecule has 2 aromatic rings. The van der Waals surface area contributed by atoms with Gasteiger partial charge in [-0.3, -0.25) is 15.5 Å². The van der Waals surface area contributed by atoms with Crippen LogP contribution < -0.4 is 5.43 Å². The van der Waals surface area contributed by atoms with E-state index in [0.29, 0.717) is 18.9 Å². The van der Waals surface area contributed by atoms with Gasteiger partial charge in [0, 0.05) is 24.3 Å². The lowest BCUT2D eigenvalue weighted by Gasteiger charge is -2.15. The second-order valence-electron chi connectivity index (χ2n) is 5.84. The molecular formula is C19H23N3O3. The van der Waals surface area contributed by atoms with E-state index in [9.17, 15) is 10.1 Å². The summed E-state index contributed by atoms with van der Waals surface area (Å²) in [7, 11) is 0. The van der Waals surface area contributed by atoms with Gasteiger partial charge in [0.05, 0.1) is 23.4 Å². The number of nitro groups is 1. The Morgan fingerprint density at radius 1 is 1.20 bits per heavy atom. The zero-order chi connectivity index (χ0) is 18.4. The highest BCUT2D eigenvalue weighted by atomic mass is 16.6. The molecule has 0 spiro atoms. The number of nitro benzene ring substituents is 1. The standard InChI is InChI=1S/C19H23N3O3/c1-5-25-12-19-14(3)10-13(2)18(15(19)4)11-20-21-16-6-8-17(9-7-16)22(23)24/h6-11,21H,5,12H2,1-4H3/b20-11+. The van der Waals surface area contributed by atoms with E-state index in [-0.39, 0.29) is 5.69 Å². The third-order valence-electron chi connectivity index (χ3n) is 4.11. The van der Waals surface area contributed by atoms with E-state index in [1.165, 1.54) is 23.3 Å². The highest BCUT2D eigenvalue weighted by Gasteiger charge is 2.10. The maximum Gasteiger partial charge on any atom is 0.269 e. The first-order chi connectivity index (χ1) is 11.9. The first-order valence-corrected chi connectivity index (χ1v) is 8.15. The smallest absolute Gasteiger partial charge is 0.269 e. The van der Waals surface area contributed by atoms with E-state index in [1.54, 1.807) is 18.3 Å². The number of anilines is 1. The average Bonchev–Trinajstić information content (AvgIpc) is 2.58. The Kier molecular flexibility index (Phi) is 6.25. The highest BCUT2D eigenvalue weighted by molar-refractivity contribution is 5.85. The molecule has 0 fully saturated rings. The van der Waals surface area contributed by atoms with E-state index < -0.39 is 4.92 Å². The summed E-state index contributed by atoms with van der Waals surface area (Å²) >= 11 is 0. The Morgan fingerprint density at radius 3 is 2.48 bits per heavy atom. The first-order valence-electron chi connectivity index (χ1n) is 8.15. The molecule has 6 heteroatoms. The van der Waals surface area contributed by atoms with Crippen molar-refractivity contribution in [1.29, 1.82) is 0 Å². The van der Waals surface area contributed by atoms with Crippen LogP contribution in [-0.2, 0) is 11.3 Å². The zero-order valence-corrected chi connectivity index (χ0v) is 15.0. The van der Waals surface area contributed by atoms with E-state index in [2.05, 4.69) is 37.4 Å². The van der Waals surface area contributed by atoms with Crippen molar-refractivity contribution in [1.82, 2.24) is 0 Å². The summed E-state index contributed by atoms with van der Waals surface area (Å²) in [6, 6.07) is 8.28. The Hall–Kier alpha value is -2.73. The van der Waals surface area contributed by atoms with Crippen LogP contribution in [0.5, 0.6) is 0 Å². The van der Waals surface area contributed by atoms with E-state index in [0.717, 1.165) is 16.7 Å². The molecule has 0 saturated carbocycles. The summed E-state index contributed by atoms with van der Waals surface area (Å²) in [5.74, 6) is 0. The highest BCUT2D eigenvalue weighted by Crippen LogP contribution is 2.22. The van der Waals surface area contributed by atoms with Gasteiger partial charge in [0.2, 0.25) is 0 Å². The fourth-order valence-electron chi connectivity index (χ4n) is 2.70. The molecule has 25 heavy (non-hydrogen) atoms. The van der Waals surface area contributed by atoms with Gasteiger partial charge >= 0.3 is 0 Å². The number of nitrogens with zero attached hydrogens (tertiary/aromatic N) is 2. The van der Waals surface area contributed by atoms with E-state index >= 15 is 0 Å². The second kappa shape index (κ2) is 8.39. The largest absolute Gasteiger partial charge is 0.377 e. The maximum absolute atomic E-state index is 10.7. The molecule has 132 valence electrons. The number of non-ortho nitro benzene ring substituents is 1. The maximum atomic E-state index is 10.7. The van der Waals surface area contributed by atoms with Crippen LogP contribution in [0.4, 0.5) is 11.4 Å². The van der Waals surface area contributed by atoms with Crippen molar-refractivity contribution in [2.45, 2.75) is 34.3 Å². The molecule has 0 aliphatic carbocycles. The Morgan fingerprint density at radius 2 is 1.88 bits per heavy atom. The van der Waals surface area contributed by atoms with Crippen LogP contribution in [0.2, 0.25) is 0 Å². The van der Waals surface area contributed by atoms with Crippen molar-refractivity contribution < 1.29 is 9.66 Å². The predicted octanol–water partition coefficient (Wildman–Crippen LogP) is 4.50. The molecule has 0 heterocycles. The van der Waals surface area contributed by atoms with Gasteiger partial charge in [0.15, 0.2) is 0 Å². The second-order valence-corrected chi connectivity index (χ2v) is 5.84. The predicted molar refractivity (Wildman–Crippen MR) is 100 cm³/mol. The molecular weight excluding hydrogens is 318 g/mol. The van der Waals surface area contributed by atoms with Crippen LogP contribution in [0, 0.1) is 30.9 Å². The third kappa shape index (κ3) is 4.64. The zero-order valence-electron chi connectivity index (χ0n) is 15.0. The molecule has 0 bridgehead atoms. The van der Waals surface area contributed by atoms with Crippen molar-refractivity contribution in [3.05, 3.63) is 68.3 Å². The van der Waals surface area contributed by atoms with Crippen LogP contribution in [0.15, 0.2) is 35.4 Å². The molecule has 0 radical (unpaired) electrons.